The normalized spacial score (nSPS) is 16.1. The smallest absolute Gasteiger partial charge is 0.246 e. The minimum Gasteiger partial charge on any atom is -0.396 e. The number of primary amides is 1. The van der Waals surface area contributed by atoms with Gasteiger partial charge in [-0.3, -0.25) is 33.6 Å². The number of carbonyl (C=O) groups is 7. The molecule has 0 bridgehead atoms. The molecule has 314 valence electrons. The van der Waals surface area contributed by atoms with Crippen LogP contribution in [0.5, 0.6) is 0 Å². The van der Waals surface area contributed by atoms with Gasteiger partial charge in [0.1, 0.15) is 18.6 Å². The lowest BCUT2D eigenvalue weighted by Gasteiger charge is -2.32. The van der Waals surface area contributed by atoms with E-state index in [0.717, 1.165) is 35.1 Å². The first-order chi connectivity index (χ1) is 27.9. The van der Waals surface area contributed by atoms with E-state index in [9.17, 15) is 48.9 Å². The van der Waals surface area contributed by atoms with E-state index in [1.54, 1.807) is 4.90 Å². The molecule has 2 aromatic rings. The van der Waals surface area contributed by atoms with E-state index >= 15 is 0 Å². The molecule has 4 rings (SSSR count). The zero-order chi connectivity index (χ0) is 42.2. The minimum absolute atomic E-state index is 0.0925. The second-order valence-corrected chi connectivity index (χ2v) is 15.0. The van der Waals surface area contributed by atoms with E-state index in [4.69, 9.17) is 5.73 Å². The number of nitrogens with zero attached hydrogens (tertiary/aromatic N) is 3. The Kier molecular flexibility index (Phi) is 17.7. The lowest BCUT2D eigenvalue weighted by Crippen LogP contribution is -2.51. The van der Waals surface area contributed by atoms with Crippen LogP contribution in [0.15, 0.2) is 60.7 Å². The summed E-state index contributed by atoms with van der Waals surface area (Å²) in [4.78, 5) is 97.2. The largest absolute Gasteiger partial charge is 0.396 e. The molecule has 0 radical (unpaired) electrons. The number of amides is 5. The third-order valence-corrected chi connectivity index (χ3v) is 10.8. The molecule has 2 aliphatic rings. The van der Waals surface area contributed by atoms with Crippen molar-refractivity contribution in [3.05, 3.63) is 77.4 Å². The van der Waals surface area contributed by atoms with Crippen molar-refractivity contribution >= 4 is 46.7 Å². The number of Topliss-reactive ketones (excluding diaryl/α,β-unsaturated/α-hetero) is 2. The number of likely N-dealkylation sites (tertiary alicyclic amines) is 1. The molecular formula is C43H57N5O10. The number of benzene rings is 2. The lowest BCUT2D eigenvalue weighted by atomic mass is 9.97. The van der Waals surface area contributed by atoms with Gasteiger partial charge in [0.2, 0.25) is 29.5 Å². The molecule has 1 fully saturated rings. The number of nitrogens with two attached hydrogens (primary N) is 1. The first-order valence-electron chi connectivity index (χ1n) is 20.0. The van der Waals surface area contributed by atoms with Gasteiger partial charge in [-0.15, -0.1) is 0 Å². The highest BCUT2D eigenvalue weighted by Gasteiger charge is 2.38. The zero-order valence-corrected chi connectivity index (χ0v) is 33.2. The molecule has 1 heterocycles. The summed E-state index contributed by atoms with van der Waals surface area (Å²) >= 11 is 0. The van der Waals surface area contributed by atoms with Gasteiger partial charge in [-0.25, -0.2) is 0 Å². The molecule has 5 amide bonds. The van der Waals surface area contributed by atoms with Gasteiger partial charge in [-0.05, 0) is 54.4 Å². The predicted molar refractivity (Wildman–Crippen MR) is 214 cm³/mol. The highest BCUT2D eigenvalue weighted by molar-refractivity contribution is 5.95. The second kappa shape index (κ2) is 22.6. The van der Waals surface area contributed by atoms with Gasteiger partial charge in [0, 0.05) is 38.9 Å². The van der Waals surface area contributed by atoms with Gasteiger partial charge in [-0.1, -0.05) is 74.0 Å². The van der Waals surface area contributed by atoms with Crippen LogP contribution in [0.4, 0.5) is 0 Å². The van der Waals surface area contributed by atoms with Crippen LogP contribution in [-0.2, 0) is 46.5 Å². The van der Waals surface area contributed by atoms with E-state index in [1.165, 1.54) is 9.80 Å². The number of aliphatic hydroxyl groups is 3. The van der Waals surface area contributed by atoms with Crippen molar-refractivity contribution in [3.63, 3.8) is 0 Å². The van der Waals surface area contributed by atoms with Crippen LogP contribution in [0.1, 0.15) is 75.0 Å². The average molecular weight is 804 g/mol. The molecule has 2 aromatic carbocycles. The number of ketones is 2. The van der Waals surface area contributed by atoms with Crippen molar-refractivity contribution in [2.24, 2.45) is 17.6 Å². The van der Waals surface area contributed by atoms with Gasteiger partial charge in [0.05, 0.1) is 38.2 Å². The van der Waals surface area contributed by atoms with E-state index in [0.29, 0.717) is 38.6 Å². The molecule has 15 heteroatoms. The van der Waals surface area contributed by atoms with E-state index in [1.807, 2.05) is 61.5 Å². The standard InChI is InChI=1S/C43H57N5O10/c1-2-3-15-39(54)48-19-9-14-37(48)43(58)47(23-29-10-5-4-6-11-29)25-40(55)46(20-18-31-17-16-30-12-7-8-13-35(30)31)24-34(52)21-33(27-50)42(57)45-36(28-51)38(53)22-32(26-49)41(44)56/h4-8,10-13,17,32-33,36-37,49-51H,2-3,9,14-16,18-28H2,1H3,(H2,44,56)(H,45,57)/t32-,33-,36-,37?/m0/s1. The Morgan fingerprint density at radius 1 is 0.879 bits per heavy atom. The van der Waals surface area contributed by atoms with Gasteiger partial charge >= 0.3 is 0 Å². The maximum absolute atomic E-state index is 14.4. The van der Waals surface area contributed by atoms with Crippen LogP contribution in [0.3, 0.4) is 0 Å². The van der Waals surface area contributed by atoms with Crippen LogP contribution in [0.2, 0.25) is 0 Å². The third kappa shape index (κ3) is 12.6. The Labute approximate surface area is 339 Å². The van der Waals surface area contributed by atoms with Crippen LogP contribution in [-0.4, -0.2) is 129 Å². The summed E-state index contributed by atoms with van der Waals surface area (Å²) in [6.07, 6.45) is 5.11. The number of allylic oxidation sites excluding steroid dienone is 1. The highest BCUT2D eigenvalue weighted by atomic mass is 16.3. The van der Waals surface area contributed by atoms with Crippen molar-refractivity contribution in [1.29, 1.82) is 0 Å². The molecule has 1 unspecified atom stereocenters. The van der Waals surface area contributed by atoms with Crippen molar-refractivity contribution in [3.8, 4) is 0 Å². The monoisotopic (exact) mass is 803 g/mol. The van der Waals surface area contributed by atoms with Crippen LogP contribution >= 0.6 is 0 Å². The fraction of sp³-hybridized carbons (Fsp3) is 0.512. The topological polar surface area (TPSA) is 228 Å². The number of hydrogen-bond acceptors (Lipinski definition) is 10. The molecule has 15 nitrogen and oxygen atoms in total. The number of unbranched alkanes of at least 4 members (excludes halogenated alkanes) is 1. The number of aliphatic hydroxyl groups excluding tert-OH is 3. The second-order valence-electron chi connectivity index (χ2n) is 15.0. The Balaban J connectivity index is 1.53. The average Bonchev–Trinajstić information content (AvgIpc) is 3.89. The van der Waals surface area contributed by atoms with Crippen LogP contribution in [0, 0.1) is 11.8 Å². The van der Waals surface area contributed by atoms with Crippen molar-refractivity contribution in [2.75, 3.05) is 46.0 Å². The number of fused-ring (bicyclic) bond motifs is 1. The predicted octanol–water partition coefficient (Wildman–Crippen LogP) is 1.15. The quantitative estimate of drug-likeness (QED) is 0.102. The Hall–Kier alpha value is -5.25. The lowest BCUT2D eigenvalue weighted by molar-refractivity contribution is -0.148. The summed E-state index contributed by atoms with van der Waals surface area (Å²) in [6, 6.07) is 14.9. The molecule has 1 saturated heterocycles. The van der Waals surface area contributed by atoms with Crippen molar-refractivity contribution in [2.45, 2.75) is 83.3 Å². The molecular weight excluding hydrogens is 746 g/mol. The van der Waals surface area contributed by atoms with E-state index in [-0.39, 0.29) is 31.4 Å². The summed E-state index contributed by atoms with van der Waals surface area (Å²) in [5, 5.41) is 31.6. The fourth-order valence-corrected chi connectivity index (χ4v) is 7.37. The number of nitrogens with one attached hydrogen (secondary N) is 1. The summed E-state index contributed by atoms with van der Waals surface area (Å²) in [7, 11) is 0. The highest BCUT2D eigenvalue weighted by Crippen LogP contribution is 2.30. The van der Waals surface area contributed by atoms with E-state index < -0.39 is 92.4 Å². The molecule has 1 aliphatic carbocycles. The summed E-state index contributed by atoms with van der Waals surface area (Å²) in [5.41, 5.74) is 9.16. The number of rotatable bonds is 24. The number of carbonyl (C=O) groups excluding carboxylic acids is 7. The van der Waals surface area contributed by atoms with Gasteiger partial charge in [0.15, 0.2) is 11.6 Å². The van der Waals surface area contributed by atoms with Crippen LogP contribution in [0.25, 0.3) is 5.57 Å². The van der Waals surface area contributed by atoms with Gasteiger partial charge in [0.25, 0.3) is 0 Å². The molecule has 4 atom stereocenters. The van der Waals surface area contributed by atoms with Crippen molar-refractivity contribution < 1.29 is 48.9 Å². The molecule has 6 N–H and O–H groups in total. The maximum Gasteiger partial charge on any atom is 0.246 e. The Morgan fingerprint density at radius 3 is 2.26 bits per heavy atom. The number of hydrogen-bond donors (Lipinski definition) is 5. The molecule has 1 aliphatic heterocycles. The molecule has 0 aromatic heterocycles. The fourth-order valence-electron chi connectivity index (χ4n) is 7.37. The Bertz CT molecular complexity index is 1800. The first-order valence-corrected chi connectivity index (χ1v) is 20.0. The van der Waals surface area contributed by atoms with Crippen LogP contribution < -0.4 is 11.1 Å². The van der Waals surface area contributed by atoms with E-state index in [2.05, 4.69) is 11.4 Å². The zero-order valence-electron chi connectivity index (χ0n) is 33.2. The molecule has 0 saturated carbocycles. The van der Waals surface area contributed by atoms with Crippen molar-refractivity contribution in [1.82, 2.24) is 20.0 Å². The minimum atomic E-state index is -1.49. The molecule has 58 heavy (non-hydrogen) atoms. The first kappa shape index (κ1) is 45.5. The van der Waals surface area contributed by atoms with Gasteiger partial charge < -0.3 is 41.1 Å². The van der Waals surface area contributed by atoms with Gasteiger partial charge in [-0.2, -0.15) is 0 Å². The summed E-state index contributed by atoms with van der Waals surface area (Å²) in [6.45, 7) is -0.549. The Morgan fingerprint density at radius 2 is 1.59 bits per heavy atom. The summed E-state index contributed by atoms with van der Waals surface area (Å²) < 4.78 is 0. The third-order valence-electron chi connectivity index (χ3n) is 10.8. The maximum atomic E-state index is 14.4. The summed E-state index contributed by atoms with van der Waals surface area (Å²) in [5.74, 6) is -6.76. The molecule has 0 spiro atoms. The SMILES string of the molecule is CCCCC(=O)N1CCCC1C(=O)N(CC(=O)N(CCC1=CCc2ccccc21)CC(=O)C[C@@H](CO)C(=O)N[C@@H](CO)C(=O)C[C@@H](CO)C(N)=O)Cc1ccccc1.